The van der Waals surface area contributed by atoms with E-state index in [1.807, 2.05) is 30.3 Å². The van der Waals surface area contributed by atoms with Crippen LogP contribution in [0, 0.1) is 11.7 Å². The van der Waals surface area contributed by atoms with E-state index in [1.165, 1.54) is 12.1 Å². The minimum Gasteiger partial charge on any atom is -0.481 e. The summed E-state index contributed by atoms with van der Waals surface area (Å²) in [6.45, 7) is 1.03. The van der Waals surface area contributed by atoms with Crippen LogP contribution in [-0.4, -0.2) is 40.0 Å². The molecule has 29 heavy (non-hydrogen) atoms. The van der Waals surface area contributed by atoms with Crippen molar-refractivity contribution in [3.63, 3.8) is 0 Å². The Bertz CT molecular complexity index is 1060. The second-order valence-corrected chi connectivity index (χ2v) is 7.42. The summed E-state index contributed by atoms with van der Waals surface area (Å²) in [4.78, 5) is 30.5. The summed E-state index contributed by atoms with van der Waals surface area (Å²) in [7, 11) is 0. The predicted octanol–water partition coefficient (Wildman–Crippen LogP) is 4.37. The molecule has 0 bridgehead atoms. The SMILES string of the molecule is O=C(O)CC1CCN(C(=O)c2cc(-c3ccccc3)nc3cc(F)ccc23)CC1. The number of rotatable bonds is 4. The van der Waals surface area contributed by atoms with E-state index in [0.717, 1.165) is 5.56 Å². The van der Waals surface area contributed by atoms with Crippen LogP contribution in [-0.2, 0) is 4.79 Å². The summed E-state index contributed by atoms with van der Waals surface area (Å²) in [5.41, 5.74) is 2.40. The highest BCUT2D eigenvalue weighted by atomic mass is 19.1. The molecule has 1 aliphatic rings. The van der Waals surface area contributed by atoms with Gasteiger partial charge in [-0.3, -0.25) is 9.59 Å². The zero-order chi connectivity index (χ0) is 20.4. The van der Waals surface area contributed by atoms with Crippen molar-refractivity contribution in [3.05, 3.63) is 66.0 Å². The monoisotopic (exact) mass is 392 g/mol. The number of nitrogens with zero attached hydrogens (tertiary/aromatic N) is 2. The van der Waals surface area contributed by atoms with Gasteiger partial charge in [0.2, 0.25) is 0 Å². The standard InChI is InChI=1S/C23H21FN2O3/c24-17-6-7-18-19(23(29)26-10-8-15(9-11-26)12-22(27)28)14-20(25-21(18)13-17)16-4-2-1-3-5-16/h1-7,13-15H,8-12H2,(H,27,28). The van der Waals surface area contributed by atoms with Gasteiger partial charge in [0.1, 0.15) is 5.82 Å². The third kappa shape index (κ3) is 4.11. The minimum absolute atomic E-state index is 0.0970. The van der Waals surface area contributed by atoms with Crippen molar-refractivity contribution >= 4 is 22.8 Å². The number of carboxylic acids is 1. The zero-order valence-electron chi connectivity index (χ0n) is 15.8. The lowest BCUT2D eigenvalue weighted by molar-refractivity contribution is -0.138. The average Bonchev–Trinajstić information content (AvgIpc) is 2.73. The van der Waals surface area contributed by atoms with Crippen LogP contribution in [0.2, 0.25) is 0 Å². The number of fused-ring (bicyclic) bond motifs is 1. The lowest BCUT2D eigenvalue weighted by atomic mass is 9.93. The average molecular weight is 392 g/mol. The number of hydrogen-bond donors (Lipinski definition) is 1. The molecule has 1 fully saturated rings. The molecular weight excluding hydrogens is 371 g/mol. The van der Waals surface area contributed by atoms with E-state index in [1.54, 1.807) is 17.0 Å². The molecule has 2 aromatic carbocycles. The van der Waals surface area contributed by atoms with Crippen LogP contribution in [0.5, 0.6) is 0 Å². The maximum absolute atomic E-state index is 13.8. The molecule has 1 N–H and O–H groups in total. The first-order chi connectivity index (χ1) is 14.0. The summed E-state index contributed by atoms with van der Waals surface area (Å²) in [5.74, 6) is -1.23. The molecule has 148 valence electrons. The summed E-state index contributed by atoms with van der Waals surface area (Å²) in [6.07, 6.45) is 1.47. The fourth-order valence-electron chi connectivity index (χ4n) is 3.89. The van der Waals surface area contributed by atoms with Crippen LogP contribution in [0.15, 0.2) is 54.6 Å². The minimum atomic E-state index is -0.801. The number of carbonyl (C=O) groups excluding carboxylic acids is 1. The van der Waals surface area contributed by atoms with E-state index in [-0.39, 0.29) is 18.2 Å². The van der Waals surface area contributed by atoms with E-state index < -0.39 is 11.8 Å². The Balaban J connectivity index is 1.69. The number of piperidine rings is 1. The van der Waals surface area contributed by atoms with Crippen LogP contribution < -0.4 is 0 Å². The smallest absolute Gasteiger partial charge is 0.303 e. The summed E-state index contributed by atoms with van der Waals surface area (Å²) in [5, 5.41) is 9.59. The second kappa shape index (κ2) is 7.99. The van der Waals surface area contributed by atoms with Crippen LogP contribution in [0.3, 0.4) is 0 Å². The van der Waals surface area contributed by atoms with E-state index in [2.05, 4.69) is 4.98 Å². The number of pyridine rings is 1. The Morgan fingerprint density at radius 3 is 2.48 bits per heavy atom. The zero-order valence-corrected chi connectivity index (χ0v) is 15.8. The molecule has 0 spiro atoms. The highest BCUT2D eigenvalue weighted by Crippen LogP contribution is 2.28. The molecular formula is C23H21FN2O3. The normalized spacial score (nSPS) is 14.9. The van der Waals surface area contributed by atoms with Crippen LogP contribution >= 0.6 is 0 Å². The van der Waals surface area contributed by atoms with Gasteiger partial charge in [-0.05, 0) is 37.0 Å². The Morgan fingerprint density at radius 2 is 1.79 bits per heavy atom. The lowest BCUT2D eigenvalue weighted by Gasteiger charge is -2.31. The van der Waals surface area contributed by atoms with Gasteiger partial charge in [-0.2, -0.15) is 0 Å². The first kappa shape index (κ1) is 19.1. The largest absolute Gasteiger partial charge is 0.481 e. The number of carboxylic acid groups (broad SMARTS) is 1. The molecule has 0 saturated carbocycles. The highest BCUT2D eigenvalue weighted by molar-refractivity contribution is 6.07. The fraction of sp³-hybridized carbons (Fsp3) is 0.261. The summed E-state index contributed by atoms with van der Waals surface area (Å²) < 4.78 is 13.8. The van der Waals surface area contributed by atoms with Gasteiger partial charge >= 0.3 is 5.97 Å². The van der Waals surface area contributed by atoms with Gasteiger partial charge < -0.3 is 10.0 Å². The molecule has 0 atom stereocenters. The van der Waals surface area contributed by atoms with Crippen LogP contribution in [0.25, 0.3) is 22.2 Å². The van der Waals surface area contributed by atoms with Gasteiger partial charge in [0.05, 0.1) is 16.8 Å². The Morgan fingerprint density at radius 1 is 1.07 bits per heavy atom. The molecule has 1 aliphatic heterocycles. The molecule has 1 amide bonds. The second-order valence-electron chi connectivity index (χ2n) is 7.42. The molecule has 5 nitrogen and oxygen atoms in total. The van der Waals surface area contributed by atoms with Crippen molar-refractivity contribution in [1.29, 1.82) is 0 Å². The molecule has 3 aromatic rings. The van der Waals surface area contributed by atoms with E-state index >= 15 is 0 Å². The fourth-order valence-corrected chi connectivity index (χ4v) is 3.89. The Kier molecular flexibility index (Phi) is 5.25. The van der Waals surface area contributed by atoms with Gasteiger partial charge in [0.25, 0.3) is 5.91 Å². The number of halogens is 1. The molecule has 0 aliphatic carbocycles. The van der Waals surface area contributed by atoms with Crippen molar-refractivity contribution in [2.24, 2.45) is 5.92 Å². The number of likely N-dealkylation sites (tertiary alicyclic amines) is 1. The molecule has 2 heterocycles. The van der Waals surface area contributed by atoms with Crippen molar-refractivity contribution in [2.75, 3.05) is 13.1 Å². The van der Waals surface area contributed by atoms with E-state index in [0.29, 0.717) is 48.1 Å². The Labute approximate surface area is 167 Å². The number of aromatic nitrogens is 1. The molecule has 0 unspecified atom stereocenters. The topological polar surface area (TPSA) is 70.5 Å². The first-order valence-electron chi connectivity index (χ1n) is 9.68. The van der Waals surface area contributed by atoms with Crippen LogP contribution in [0.4, 0.5) is 4.39 Å². The molecule has 1 aromatic heterocycles. The number of benzene rings is 2. The number of carbonyl (C=O) groups is 2. The van der Waals surface area contributed by atoms with Gasteiger partial charge in [0, 0.05) is 36.5 Å². The van der Waals surface area contributed by atoms with Gasteiger partial charge in [-0.25, -0.2) is 9.37 Å². The quantitative estimate of drug-likeness (QED) is 0.716. The first-order valence-corrected chi connectivity index (χ1v) is 9.68. The molecule has 1 saturated heterocycles. The van der Waals surface area contributed by atoms with Crippen molar-refractivity contribution in [2.45, 2.75) is 19.3 Å². The molecule has 6 heteroatoms. The number of amides is 1. The summed E-state index contributed by atoms with van der Waals surface area (Å²) >= 11 is 0. The molecule has 0 radical (unpaired) electrons. The highest BCUT2D eigenvalue weighted by Gasteiger charge is 2.26. The van der Waals surface area contributed by atoms with Gasteiger partial charge in [-0.1, -0.05) is 30.3 Å². The number of hydrogen-bond acceptors (Lipinski definition) is 3. The van der Waals surface area contributed by atoms with Gasteiger partial charge in [0.15, 0.2) is 0 Å². The number of aliphatic carboxylic acids is 1. The van der Waals surface area contributed by atoms with Crippen molar-refractivity contribution in [1.82, 2.24) is 9.88 Å². The third-order valence-corrected chi connectivity index (χ3v) is 5.44. The van der Waals surface area contributed by atoms with Crippen LogP contribution in [0.1, 0.15) is 29.6 Å². The predicted molar refractivity (Wildman–Crippen MR) is 108 cm³/mol. The third-order valence-electron chi connectivity index (χ3n) is 5.44. The van der Waals surface area contributed by atoms with Gasteiger partial charge in [-0.15, -0.1) is 0 Å². The lowest BCUT2D eigenvalue weighted by Crippen LogP contribution is -2.39. The summed E-state index contributed by atoms with van der Waals surface area (Å²) in [6, 6.07) is 15.5. The maximum atomic E-state index is 13.8. The van der Waals surface area contributed by atoms with Crippen molar-refractivity contribution in [3.8, 4) is 11.3 Å². The maximum Gasteiger partial charge on any atom is 0.303 e. The van der Waals surface area contributed by atoms with E-state index in [4.69, 9.17) is 5.11 Å². The Hall–Kier alpha value is -3.28. The molecule has 4 rings (SSSR count). The van der Waals surface area contributed by atoms with Crippen molar-refractivity contribution < 1.29 is 19.1 Å². The van der Waals surface area contributed by atoms with E-state index in [9.17, 15) is 14.0 Å².